The van der Waals surface area contributed by atoms with Crippen molar-refractivity contribution in [3.05, 3.63) is 40.2 Å². The molecule has 0 amide bonds. The predicted molar refractivity (Wildman–Crippen MR) is 84.4 cm³/mol. The SMILES string of the molecule is CCCCn1cc(C(=O)O)c(=O)c2cc(N(C)C)ccc21. The number of hydrogen-bond acceptors (Lipinski definition) is 3. The Kier molecular flexibility index (Phi) is 4.31. The minimum atomic E-state index is -1.18. The van der Waals surface area contributed by atoms with Crippen LogP contribution >= 0.6 is 0 Å². The average molecular weight is 288 g/mol. The van der Waals surface area contributed by atoms with Gasteiger partial charge in [0.15, 0.2) is 0 Å². The van der Waals surface area contributed by atoms with E-state index in [9.17, 15) is 14.7 Å². The number of carboxylic acid groups (broad SMARTS) is 1. The van der Waals surface area contributed by atoms with E-state index in [1.165, 1.54) is 6.20 Å². The molecule has 2 rings (SSSR count). The first-order valence-corrected chi connectivity index (χ1v) is 7.03. The normalized spacial score (nSPS) is 10.8. The van der Waals surface area contributed by atoms with Crippen LogP contribution in [0.2, 0.25) is 0 Å². The van der Waals surface area contributed by atoms with E-state index >= 15 is 0 Å². The molecule has 0 atom stereocenters. The number of rotatable bonds is 5. The molecular formula is C16H20N2O3. The number of hydrogen-bond donors (Lipinski definition) is 1. The van der Waals surface area contributed by atoms with E-state index in [-0.39, 0.29) is 5.56 Å². The number of benzene rings is 1. The van der Waals surface area contributed by atoms with Gasteiger partial charge in [-0.3, -0.25) is 4.79 Å². The van der Waals surface area contributed by atoms with Gasteiger partial charge in [0.05, 0.1) is 5.52 Å². The molecule has 0 saturated carbocycles. The summed E-state index contributed by atoms with van der Waals surface area (Å²) in [6, 6.07) is 5.57. The van der Waals surface area contributed by atoms with Gasteiger partial charge in [-0.1, -0.05) is 13.3 Å². The van der Waals surface area contributed by atoms with Gasteiger partial charge < -0.3 is 14.6 Å². The van der Waals surface area contributed by atoms with Gasteiger partial charge in [-0.05, 0) is 24.6 Å². The lowest BCUT2D eigenvalue weighted by atomic mass is 10.1. The number of aryl methyl sites for hydroxylation is 1. The lowest BCUT2D eigenvalue weighted by molar-refractivity contribution is 0.0695. The van der Waals surface area contributed by atoms with Crippen molar-refractivity contribution in [1.82, 2.24) is 4.57 Å². The van der Waals surface area contributed by atoms with Crippen molar-refractivity contribution in [3.63, 3.8) is 0 Å². The minimum absolute atomic E-state index is 0.172. The number of aromatic carboxylic acids is 1. The van der Waals surface area contributed by atoms with Crippen LogP contribution in [0.4, 0.5) is 5.69 Å². The largest absolute Gasteiger partial charge is 0.477 e. The summed E-state index contributed by atoms with van der Waals surface area (Å²) in [5.41, 5.74) is 1.07. The molecule has 112 valence electrons. The molecule has 5 nitrogen and oxygen atoms in total. The standard InChI is InChI=1S/C16H20N2O3/c1-4-5-8-18-10-13(16(20)21)15(19)12-9-11(17(2)3)6-7-14(12)18/h6-7,9-10H,4-5,8H2,1-3H3,(H,20,21). The smallest absolute Gasteiger partial charge is 0.341 e. The van der Waals surface area contributed by atoms with Gasteiger partial charge in [-0.25, -0.2) is 4.79 Å². The number of unbranched alkanes of at least 4 members (excludes halogenated alkanes) is 1. The van der Waals surface area contributed by atoms with Gasteiger partial charge in [0, 0.05) is 37.9 Å². The van der Waals surface area contributed by atoms with Gasteiger partial charge >= 0.3 is 5.97 Å². The van der Waals surface area contributed by atoms with E-state index < -0.39 is 11.4 Å². The number of nitrogens with zero attached hydrogens (tertiary/aromatic N) is 2. The molecule has 1 heterocycles. The van der Waals surface area contributed by atoms with E-state index in [0.29, 0.717) is 11.9 Å². The molecule has 0 radical (unpaired) electrons. The van der Waals surface area contributed by atoms with Crippen LogP contribution in [0.3, 0.4) is 0 Å². The second kappa shape index (κ2) is 5.99. The molecule has 0 aliphatic carbocycles. The van der Waals surface area contributed by atoms with Crippen molar-refractivity contribution in [1.29, 1.82) is 0 Å². The Labute approximate surface area is 123 Å². The van der Waals surface area contributed by atoms with Gasteiger partial charge in [0.1, 0.15) is 5.56 Å². The first-order chi connectivity index (χ1) is 9.95. The summed E-state index contributed by atoms with van der Waals surface area (Å²) in [5, 5.41) is 9.69. The molecule has 1 N–H and O–H groups in total. The van der Waals surface area contributed by atoms with E-state index in [2.05, 4.69) is 6.92 Å². The Morgan fingerprint density at radius 2 is 2.05 bits per heavy atom. The average Bonchev–Trinajstić information content (AvgIpc) is 2.45. The molecule has 0 aliphatic rings. The zero-order valence-electron chi connectivity index (χ0n) is 12.6. The fraction of sp³-hybridized carbons (Fsp3) is 0.375. The predicted octanol–water partition coefficient (Wildman–Crippen LogP) is 2.57. The summed E-state index contributed by atoms with van der Waals surface area (Å²) < 4.78 is 1.86. The number of anilines is 1. The highest BCUT2D eigenvalue weighted by atomic mass is 16.4. The van der Waals surface area contributed by atoms with Crippen molar-refractivity contribution in [2.45, 2.75) is 26.3 Å². The topological polar surface area (TPSA) is 62.5 Å². The molecule has 0 saturated heterocycles. The first kappa shape index (κ1) is 15.1. The van der Waals surface area contributed by atoms with Gasteiger partial charge in [0.2, 0.25) is 5.43 Å². The van der Waals surface area contributed by atoms with Crippen LogP contribution in [-0.4, -0.2) is 29.7 Å². The Morgan fingerprint density at radius 3 is 2.62 bits per heavy atom. The van der Waals surface area contributed by atoms with Crippen molar-refractivity contribution in [3.8, 4) is 0 Å². The van der Waals surface area contributed by atoms with Crippen molar-refractivity contribution < 1.29 is 9.90 Å². The fourth-order valence-electron chi connectivity index (χ4n) is 2.33. The zero-order chi connectivity index (χ0) is 15.6. The summed E-state index contributed by atoms with van der Waals surface area (Å²) in [7, 11) is 3.77. The first-order valence-electron chi connectivity index (χ1n) is 7.03. The van der Waals surface area contributed by atoms with Crippen molar-refractivity contribution in [2.75, 3.05) is 19.0 Å². The van der Waals surface area contributed by atoms with Crippen LogP contribution in [0.25, 0.3) is 10.9 Å². The third-order valence-corrected chi connectivity index (χ3v) is 3.56. The molecule has 0 spiro atoms. The zero-order valence-corrected chi connectivity index (χ0v) is 12.6. The summed E-state index contributed by atoms with van der Waals surface area (Å²) >= 11 is 0. The summed E-state index contributed by atoms with van der Waals surface area (Å²) in [6.07, 6.45) is 3.40. The molecule has 21 heavy (non-hydrogen) atoms. The van der Waals surface area contributed by atoms with E-state index in [4.69, 9.17) is 0 Å². The number of carboxylic acids is 1. The van der Waals surface area contributed by atoms with E-state index in [0.717, 1.165) is 24.0 Å². The van der Waals surface area contributed by atoms with Crippen molar-refractivity contribution in [2.24, 2.45) is 0 Å². The Hall–Kier alpha value is -2.30. The summed E-state index contributed by atoms with van der Waals surface area (Å²) in [6.45, 7) is 2.78. The van der Waals surface area contributed by atoms with Gasteiger partial charge in [-0.2, -0.15) is 0 Å². The highest BCUT2D eigenvalue weighted by Crippen LogP contribution is 2.20. The highest BCUT2D eigenvalue weighted by Gasteiger charge is 2.15. The third kappa shape index (κ3) is 2.91. The molecule has 0 fully saturated rings. The number of fused-ring (bicyclic) bond motifs is 1. The Bertz CT molecular complexity index is 732. The Balaban J connectivity index is 2.75. The Morgan fingerprint density at radius 1 is 1.33 bits per heavy atom. The molecule has 5 heteroatoms. The summed E-state index contributed by atoms with van der Waals surface area (Å²) in [5.74, 6) is -1.18. The van der Waals surface area contributed by atoms with Gasteiger partial charge in [-0.15, -0.1) is 0 Å². The maximum atomic E-state index is 12.4. The molecular weight excluding hydrogens is 268 g/mol. The van der Waals surface area contributed by atoms with E-state index in [1.54, 1.807) is 6.07 Å². The lowest BCUT2D eigenvalue weighted by Gasteiger charge is -2.16. The second-order valence-corrected chi connectivity index (χ2v) is 5.32. The molecule has 2 aromatic rings. The fourth-order valence-corrected chi connectivity index (χ4v) is 2.33. The molecule has 0 bridgehead atoms. The molecule has 0 unspecified atom stereocenters. The molecule has 1 aromatic heterocycles. The maximum Gasteiger partial charge on any atom is 0.341 e. The van der Waals surface area contributed by atoms with E-state index in [1.807, 2.05) is 35.7 Å². The summed E-state index contributed by atoms with van der Waals surface area (Å²) in [4.78, 5) is 25.5. The molecule has 1 aromatic carbocycles. The maximum absolute atomic E-state index is 12.4. The van der Waals surface area contributed by atoms with Crippen LogP contribution in [0, 0.1) is 0 Å². The second-order valence-electron chi connectivity index (χ2n) is 5.32. The van der Waals surface area contributed by atoms with Crippen LogP contribution in [-0.2, 0) is 6.54 Å². The number of pyridine rings is 1. The van der Waals surface area contributed by atoms with Crippen LogP contribution in [0.15, 0.2) is 29.2 Å². The van der Waals surface area contributed by atoms with Gasteiger partial charge in [0.25, 0.3) is 0 Å². The van der Waals surface area contributed by atoms with Crippen LogP contribution < -0.4 is 10.3 Å². The monoisotopic (exact) mass is 288 g/mol. The van der Waals surface area contributed by atoms with Crippen LogP contribution in [0.5, 0.6) is 0 Å². The molecule has 0 aliphatic heterocycles. The van der Waals surface area contributed by atoms with Crippen LogP contribution in [0.1, 0.15) is 30.1 Å². The quantitative estimate of drug-likeness (QED) is 0.918. The van der Waals surface area contributed by atoms with Crippen molar-refractivity contribution >= 4 is 22.6 Å². The lowest BCUT2D eigenvalue weighted by Crippen LogP contribution is -2.19. The number of aromatic nitrogens is 1. The number of carbonyl (C=O) groups is 1. The highest BCUT2D eigenvalue weighted by molar-refractivity contribution is 5.93. The third-order valence-electron chi connectivity index (χ3n) is 3.56. The minimum Gasteiger partial charge on any atom is -0.477 e.